The molecule has 1 fully saturated rings. The van der Waals surface area contributed by atoms with Gasteiger partial charge in [-0.25, -0.2) is 9.97 Å². The first-order chi connectivity index (χ1) is 10.1. The van der Waals surface area contributed by atoms with Gasteiger partial charge in [-0.2, -0.15) is 0 Å². The summed E-state index contributed by atoms with van der Waals surface area (Å²) in [6.07, 6.45) is 5.06. The maximum atomic E-state index is 4.88. The molecular weight excluding hydrogens is 414 g/mol. The number of halogens is 2. The Morgan fingerprint density at radius 1 is 1.24 bits per heavy atom. The Morgan fingerprint density at radius 2 is 1.95 bits per heavy atom. The number of aromatic nitrogens is 2. The minimum atomic E-state index is 0.553. The van der Waals surface area contributed by atoms with E-state index in [9.17, 15) is 0 Å². The Hall–Kier alpha value is -0.460. The molecule has 21 heavy (non-hydrogen) atoms. The first kappa shape index (κ1) is 15.4. The van der Waals surface area contributed by atoms with Gasteiger partial charge >= 0.3 is 0 Å². The molecule has 3 nitrogen and oxygen atoms in total. The van der Waals surface area contributed by atoms with E-state index in [1.165, 1.54) is 30.6 Å². The molecule has 0 bridgehead atoms. The average Bonchev–Trinajstić information content (AvgIpc) is 3.10. The molecule has 0 radical (unpaired) electrons. The molecule has 1 saturated carbocycles. The van der Waals surface area contributed by atoms with Crippen LogP contribution in [0.1, 0.15) is 42.2 Å². The van der Waals surface area contributed by atoms with Crippen LogP contribution in [-0.4, -0.2) is 17.0 Å². The van der Waals surface area contributed by atoms with Crippen LogP contribution in [0.15, 0.2) is 15.0 Å². The van der Waals surface area contributed by atoms with Crippen LogP contribution < -0.4 is 5.32 Å². The van der Waals surface area contributed by atoms with Crippen LogP contribution >= 0.6 is 43.2 Å². The van der Waals surface area contributed by atoms with Crippen LogP contribution in [-0.2, 0) is 0 Å². The van der Waals surface area contributed by atoms with Crippen molar-refractivity contribution in [2.45, 2.75) is 38.5 Å². The minimum Gasteiger partial charge on any atom is -0.372 e. The van der Waals surface area contributed by atoms with E-state index in [1.54, 1.807) is 11.3 Å². The normalized spacial score (nSPS) is 15.6. The van der Waals surface area contributed by atoms with E-state index in [4.69, 9.17) is 4.98 Å². The topological polar surface area (TPSA) is 37.8 Å². The zero-order valence-electron chi connectivity index (χ0n) is 12.0. The highest BCUT2D eigenvalue weighted by atomic mass is 79.9. The maximum Gasteiger partial charge on any atom is 0.171 e. The van der Waals surface area contributed by atoms with Crippen molar-refractivity contribution in [3.8, 4) is 10.7 Å². The molecule has 0 aliphatic heterocycles. The van der Waals surface area contributed by atoms with Crippen LogP contribution in [0, 0.1) is 6.92 Å². The summed E-state index contributed by atoms with van der Waals surface area (Å²) in [5.41, 5.74) is 1.16. The van der Waals surface area contributed by atoms with Gasteiger partial charge in [0.15, 0.2) is 5.82 Å². The van der Waals surface area contributed by atoms with Gasteiger partial charge in [-0.3, -0.25) is 0 Å². The molecule has 3 rings (SSSR count). The second-order valence-corrected chi connectivity index (χ2v) is 8.24. The summed E-state index contributed by atoms with van der Waals surface area (Å²) in [5, 5.41) is 3.19. The van der Waals surface area contributed by atoms with Gasteiger partial charge in [-0.15, -0.1) is 11.3 Å². The summed E-state index contributed by atoms with van der Waals surface area (Å²) < 4.78 is 2.15. The molecule has 0 atom stereocenters. The van der Waals surface area contributed by atoms with Crippen molar-refractivity contribution in [1.82, 2.24) is 9.97 Å². The van der Waals surface area contributed by atoms with Gasteiger partial charge in [0, 0.05) is 22.3 Å². The number of anilines is 1. The van der Waals surface area contributed by atoms with Crippen molar-refractivity contribution in [1.29, 1.82) is 0 Å². The highest BCUT2D eigenvalue weighted by Gasteiger charge is 2.24. The van der Waals surface area contributed by atoms with E-state index in [1.807, 2.05) is 7.05 Å². The second kappa shape index (κ2) is 6.34. The average molecular weight is 431 g/mol. The molecule has 1 aliphatic carbocycles. The molecule has 0 saturated heterocycles. The Balaban J connectivity index is 2.10. The van der Waals surface area contributed by atoms with Crippen LogP contribution in [0.5, 0.6) is 0 Å². The summed E-state index contributed by atoms with van der Waals surface area (Å²) in [6.45, 7) is 2.11. The maximum absolute atomic E-state index is 4.88. The van der Waals surface area contributed by atoms with E-state index in [0.29, 0.717) is 5.92 Å². The zero-order chi connectivity index (χ0) is 15.0. The van der Waals surface area contributed by atoms with Gasteiger partial charge in [0.1, 0.15) is 5.82 Å². The summed E-state index contributed by atoms with van der Waals surface area (Å²) in [5.74, 6) is 2.25. The molecule has 2 heterocycles. The molecule has 0 spiro atoms. The summed E-state index contributed by atoms with van der Waals surface area (Å²) in [6, 6.07) is 2.11. The number of aryl methyl sites for hydroxylation is 1. The summed E-state index contributed by atoms with van der Waals surface area (Å²) in [7, 11) is 1.91. The van der Waals surface area contributed by atoms with Crippen molar-refractivity contribution in [2.75, 3.05) is 12.4 Å². The summed E-state index contributed by atoms with van der Waals surface area (Å²) in [4.78, 5) is 11.9. The highest BCUT2D eigenvalue weighted by molar-refractivity contribution is 9.11. The van der Waals surface area contributed by atoms with Crippen molar-refractivity contribution in [3.05, 3.63) is 25.6 Å². The van der Waals surface area contributed by atoms with Crippen molar-refractivity contribution >= 4 is 49.0 Å². The molecule has 0 amide bonds. The third-order valence-electron chi connectivity index (χ3n) is 3.93. The van der Waals surface area contributed by atoms with Gasteiger partial charge in [0.2, 0.25) is 0 Å². The van der Waals surface area contributed by atoms with Gasteiger partial charge < -0.3 is 5.32 Å². The van der Waals surface area contributed by atoms with Gasteiger partial charge in [0.25, 0.3) is 0 Å². The first-order valence-corrected chi connectivity index (χ1v) is 9.52. The largest absolute Gasteiger partial charge is 0.372 e. The molecule has 0 unspecified atom stereocenters. The van der Waals surface area contributed by atoms with Crippen LogP contribution in [0.4, 0.5) is 5.82 Å². The lowest BCUT2D eigenvalue weighted by Gasteiger charge is -2.15. The Bertz CT molecular complexity index is 644. The monoisotopic (exact) mass is 429 g/mol. The third kappa shape index (κ3) is 3.03. The van der Waals surface area contributed by atoms with Crippen molar-refractivity contribution in [3.63, 3.8) is 0 Å². The Kier molecular flexibility index (Phi) is 4.66. The predicted octanol–water partition coefficient (Wildman–Crippen LogP) is 5.74. The fraction of sp³-hybridized carbons (Fsp3) is 0.467. The lowest BCUT2D eigenvalue weighted by atomic mass is 10.0. The molecule has 6 heteroatoms. The molecule has 0 aromatic carbocycles. The molecular formula is C15H17Br2N3S. The minimum absolute atomic E-state index is 0.553. The number of rotatable bonds is 3. The molecule has 112 valence electrons. The number of hydrogen-bond acceptors (Lipinski definition) is 4. The molecule has 1 aliphatic rings. The van der Waals surface area contributed by atoms with Crippen LogP contribution in [0.25, 0.3) is 10.7 Å². The van der Waals surface area contributed by atoms with Crippen LogP contribution in [0.2, 0.25) is 0 Å². The Morgan fingerprint density at radius 3 is 2.52 bits per heavy atom. The summed E-state index contributed by atoms with van der Waals surface area (Å²) >= 11 is 8.99. The van der Waals surface area contributed by atoms with E-state index < -0.39 is 0 Å². The smallest absolute Gasteiger partial charge is 0.171 e. The SMILES string of the molecule is CNc1nc(-c2cc(Br)c(C)s2)nc(C2CCCC2)c1Br. The van der Waals surface area contributed by atoms with Crippen LogP contribution in [0.3, 0.4) is 0 Å². The third-order valence-corrected chi connectivity index (χ3v) is 6.85. The molecule has 2 aromatic heterocycles. The lowest BCUT2D eigenvalue weighted by molar-refractivity contribution is 0.691. The Labute approximate surface area is 145 Å². The van der Waals surface area contributed by atoms with Crippen molar-refractivity contribution < 1.29 is 0 Å². The van der Waals surface area contributed by atoms with Gasteiger partial charge in [-0.1, -0.05) is 12.8 Å². The first-order valence-electron chi connectivity index (χ1n) is 7.11. The fourth-order valence-corrected chi connectivity index (χ4v) is 4.95. The number of thiophene rings is 1. The van der Waals surface area contributed by atoms with Gasteiger partial charge in [-0.05, 0) is 57.7 Å². The number of nitrogens with zero attached hydrogens (tertiary/aromatic N) is 2. The van der Waals surface area contributed by atoms with E-state index in [2.05, 4.69) is 55.2 Å². The lowest BCUT2D eigenvalue weighted by Crippen LogP contribution is -2.05. The van der Waals surface area contributed by atoms with E-state index in [0.717, 1.165) is 31.2 Å². The second-order valence-electron chi connectivity index (χ2n) is 5.34. The fourth-order valence-electron chi connectivity index (χ4n) is 2.78. The predicted molar refractivity (Wildman–Crippen MR) is 96.2 cm³/mol. The van der Waals surface area contributed by atoms with Gasteiger partial charge in [0.05, 0.1) is 15.0 Å². The van der Waals surface area contributed by atoms with E-state index >= 15 is 0 Å². The quantitative estimate of drug-likeness (QED) is 0.674. The van der Waals surface area contributed by atoms with E-state index in [-0.39, 0.29) is 0 Å². The number of hydrogen-bond donors (Lipinski definition) is 1. The van der Waals surface area contributed by atoms with Crippen molar-refractivity contribution in [2.24, 2.45) is 0 Å². The standard InChI is InChI=1S/C15H17Br2N3S/c1-8-10(16)7-11(21-8)14-19-13(9-5-3-4-6-9)12(17)15(18-2)20-14/h7,9H,3-6H2,1-2H3,(H,18,19,20). The number of nitrogens with one attached hydrogen (secondary N) is 1. The highest BCUT2D eigenvalue weighted by Crippen LogP contribution is 2.41. The zero-order valence-corrected chi connectivity index (χ0v) is 16.0. The molecule has 2 aromatic rings. The molecule has 1 N–H and O–H groups in total.